The molecule has 104 valence electrons. The average molecular weight is 286 g/mol. The lowest BCUT2D eigenvalue weighted by molar-refractivity contribution is -0.143. The number of furan rings is 1. The second-order valence-electron chi connectivity index (χ2n) is 4.87. The van der Waals surface area contributed by atoms with E-state index in [2.05, 4.69) is 5.32 Å². The highest BCUT2D eigenvalue weighted by atomic mass is 35.5. The lowest BCUT2D eigenvalue weighted by Gasteiger charge is -2.25. The molecule has 1 heterocycles. The fourth-order valence-electron chi connectivity index (χ4n) is 2.37. The van der Waals surface area contributed by atoms with Gasteiger partial charge in [0.15, 0.2) is 11.0 Å². The molecular formula is C13H16ClNO4. The minimum Gasteiger partial charge on any atom is -0.481 e. The number of carboxylic acids is 1. The van der Waals surface area contributed by atoms with E-state index in [4.69, 9.17) is 21.1 Å². The van der Waals surface area contributed by atoms with Gasteiger partial charge in [-0.1, -0.05) is 0 Å². The molecular weight excluding hydrogens is 270 g/mol. The van der Waals surface area contributed by atoms with Crippen molar-refractivity contribution >= 4 is 23.5 Å². The molecule has 2 N–H and O–H groups in total. The van der Waals surface area contributed by atoms with E-state index in [1.807, 2.05) is 0 Å². The number of carboxylic acid groups (broad SMARTS) is 1. The first-order valence-corrected chi connectivity index (χ1v) is 6.70. The highest BCUT2D eigenvalue weighted by molar-refractivity contribution is 6.29. The number of carbonyl (C=O) groups excluding carboxylic acids is 1. The zero-order chi connectivity index (χ0) is 13.8. The molecule has 1 aromatic rings. The SMILES string of the molecule is O=C(NCC1CCC(C(=O)O)CC1)c1ccc(Cl)o1. The third-order valence-corrected chi connectivity index (χ3v) is 3.75. The van der Waals surface area contributed by atoms with E-state index >= 15 is 0 Å². The van der Waals surface area contributed by atoms with Crippen LogP contribution in [-0.4, -0.2) is 23.5 Å². The molecule has 6 heteroatoms. The van der Waals surface area contributed by atoms with Crippen molar-refractivity contribution in [1.29, 1.82) is 0 Å². The number of hydrogen-bond acceptors (Lipinski definition) is 3. The number of rotatable bonds is 4. The van der Waals surface area contributed by atoms with Gasteiger partial charge in [-0.2, -0.15) is 0 Å². The summed E-state index contributed by atoms with van der Waals surface area (Å²) in [4.78, 5) is 22.5. The van der Waals surface area contributed by atoms with Crippen LogP contribution in [0, 0.1) is 11.8 Å². The monoisotopic (exact) mass is 285 g/mol. The van der Waals surface area contributed by atoms with Gasteiger partial charge in [-0.3, -0.25) is 9.59 Å². The average Bonchev–Trinajstić information content (AvgIpc) is 2.83. The summed E-state index contributed by atoms with van der Waals surface area (Å²) in [6, 6.07) is 3.05. The van der Waals surface area contributed by atoms with Gasteiger partial charge in [-0.05, 0) is 55.3 Å². The highest BCUT2D eigenvalue weighted by Gasteiger charge is 2.26. The lowest BCUT2D eigenvalue weighted by Crippen LogP contribution is -2.32. The number of hydrogen-bond donors (Lipinski definition) is 2. The van der Waals surface area contributed by atoms with Crippen LogP contribution in [0.1, 0.15) is 36.2 Å². The molecule has 0 saturated heterocycles. The number of amides is 1. The molecule has 1 aliphatic rings. The zero-order valence-corrected chi connectivity index (χ0v) is 11.2. The molecule has 1 aliphatic carbocycles. The molecule has 0 bridgehead atoms. The van der Waals surface area contributed by atoms with Crippen molar-refractivity contribution < 1.29 is 19.1 Å². The molecule has 1 aromatic heterocycles. The Kier molecular flexibility index (Phi) is 4.47. The Morgan fingerprint density at radius 1 is 1.32 bits per heavy atom. The Morgan fingerprint density at radius 3 is 2.53 bits per heavy atom. The quantitative estimate of drug-likeness (QED) is 0.891. The number of halogens is 1. The summed E-state index contributed by atoms with van der Waals surface area (Å²) >= 11 is 5.60. The van der Waals surface area contributed by atoms with Gasteiger partial charge in [0.1, 0.15) is 0 Å². The molecule has 2 rings (SSSR count). The lowest BCUT2D eigenvalue weighted by atomic mass is 9.82. The smallest absolute Gasteiger partial charge is 0.306 e. The fourth-order valence-corrected chi connectivity index (χ4v) is 2.52. The molecule has 0 radical (unpaired) electrons. The first-order chi connectivity index (χ1) is 9.06. The van der Waals surface area contributed by atoms with Crippen molar-refractivity contribution in [2.45, 2.75) is 25.7 Å². The highest BCUT2D eigenvalue weighted by Crippen LogP contribution is 2.28. The topological polar surface area (TPSA) is 79.5 Å². The van der Waals surface area contributed by atoms with Crippen molar-refractivity contribution in [2.75, 3.05) is 6.54 Å². The summed E-state index contributed by atoms with van der Waals surface area (Å²) in [5, 5.41) is 11.9. The summed E-state index contributed by atoms with van der Waals surface area (Å²) < 4.78 is 5.01. The third-order valence-electron chi connectivity index (χ3n) is 3.54. The van der Waals surface area contributed by atoms with E-state index in [1.54, 1.807) is 0 Å². The standard InChI is InChI=1S/C13H16ClNO4/c14-11-6-5-10(19-11)12(16)15-7-8-1-3-9(4-2-8)13(17)18/h5-6,8-9H,1-4,7H2,(H,15,16)(H,17,18). The van der Waals surface area contributed by atoms with Crippen LogP contribution in [0.2, 0.25) is 5.22 Å². The van der Waals surface area contributed by atoms with Crippen molar-refractivity contribution in [1.82, 2.24) is 5.32 Å². The van der Waals surface area contributed by atoms with Crippen LogP contribution in [0.3, 0.4) is 0 Å². The van der Waals surface area contributed by atoms with E-state index in [0.29, 0.717) is 25.3 Å². The Balaban J connectivity index is 1.75. The third kappa shape index (κ3) is 3.73. The predicted molar refractivity (Wildman–Crippen MR) is 69.1 cm³/mol. The van der Waals surface area contributed by atoms with Gasteiger partial charge in [0.25, 0.3) is 5.91 Å². The molecule has 0 aliphatic heterocycles. The van der Waals surface area contributed by atoms with Crippen molar-refractivity contribution in [3.63, 3.8) is 0 Å². The maximum atomic E-state index is 11.7. The number of carbonyl (C=O) groups is 2. The molecule has 0 aromatic carbocycles. The van der Waals surface area contributed by atoms with Gasteiger partial charge in [-0.15, -0.1) is 0 Å². The van der Waals surface area contributed by atoms with Gasteiger partial charge < -0.3 is 14.8 Å². The van der Waals surface area contributed by atoms with Crippen molar-refractivity contribution in [3.05, 3.63) is 23.1 Å². The van der Waals surface area contributed by atoms with Crippen LogP contribution in [0.4, 0.5) is 0 Å². The molecule has 1 saturated carbocycles. The molecule has 19 heavy (non-hydrogen) atoms. The molecule has 5 nitrogen and oxygen atoms in total. The Hall–Kier alpha value is -1.49. The Bertz CT molecular complexity index is 463. The van der Waals surface area contributed by atoms with Crippen molar-refractivity contribution in [3.8, 4) is 0 Å². The molecule has 0 atom stereocenters. The second-order valence-corrected chi connectivity index (χ2v) is 5.24. The number of nitrogens with one attached hydrogen (secondary N) is 1. The Labute approximate surface area is 115 Å². The van der Waals surface area contributed by atoms with E-state index in [1.165, 1.54) is 12.1 Å². The summed E-state index contributed by atoms with van der Waals surface area (Å²) in [5.74, 6) is -0.690. The normalized spacial score (nSPS) is 23.0. The molecule has 1 fully saturated rings. The first kappa shape index (κ1) is 13.9. The summed E-state index contributed by atoms with van der Waals surface area (Å²) in [5.41, 5.74) is 0. The van der Waals surface area contributed by atoms with Crippen molar-refractivity contribution in [2.24, 2.45) is 11.8 Å². The van der Waals surface area contributed by atoms with Crippen LogP contribution in [0.15, 0.2) is 16.5 Å². The van der Waals surface area contributed by atoms with Gasteiger partial charge in [0, 0.05) is 6.54 Å². The van der Waals surface area contributed by atoms with E-state index in [0.717, 1.165) is 12.8 Å². The second kappa shape index (κ2) is 6.10. The van der Waals surface area contributed by atoms with Gasteiger partial charge in [0.05, 0.1) is 5.92 Å². The number of aliphatic carboxylic acids is 1. The largest absolute Gasteiger partial charge is 0.481 e. The van der Waals surface area contributed by atoms with E-state index < -0.39 is 5.97 Å². The summed E-state index contributed by atoms with van der Waals surface area (Å²) in [6.45, 7) is 0.545. The minimum absolute atomic E-state index is 0.187. The van der Waals surface area contributed by atoms with Crippen LogP contribution in [-0.2, 0) is 4.79 Å². The maximum absolute atomic E-state index is 11.7. The Morgan fingerprint density at radius 2 is 2.00 bits per heavy atom. The zero-order valence-electron chi connectivity index (χ0n) is 10.4. The maximum Gasteiger partial charge on any atom is 0.306 e. The minimum atomic E-state index is -0.715. The fraction of sp³-hybridized carbons (Fsp3) is 0.538. The van der Waals surface area contributed by atoms with Crippen LogP contribution in [0.25, 0.3) is 0 Å². The molecule has 0 spiro atoms. The van der Waals surface area contributed by atoms with Crippen LogP contribution in [0.5, 0.6) is 0 Å². The summed E-state index contributed by atoms with van der Waals surface area (Å²) in [7, 11) is 0. The van der Waals surface area contributed by atoms with E-state index in [-0.39, 0.29) is 22.8 Å². The van der Waals surface area contributed by atoms with Crippen LogP contribution >= 0.6 is 11.6 Å². The first-order valence-electron chi connectivity index (χ1n) is 6.32. The van der Waals surface area contributed by atoms with Gasteiger partial charge in [0.2, 0.25) is 0 Å². The van der Waals surface area contributed by atoms with Crippen LogP contribution < -0.4 is 5.32 Å². The van der Waals surface area contributed by atoms with Gasteiger partial charge >= 0.3 is 5.97 Å². The summed E-state index contributed by atoms with van der Waals surface area (Å²) in [6.07, 6.45) is 3.03. The van der Waals surface area contributed by atoms with E-state index in [9.17, 15) is 9.59 Å². The molecule has 0 unspecified atom stereocenters. The predicted octanol–water partition coefficient (Wildman–Crippen LogP) is 2.55. The molecule has 1 amide bonds. The van der Waals surface area contributed by atoms with Gasteiger partial charge in [-0.25, -0.2) is 0 Å².